The molecule has 0 saturated heterocycles. The van der Waals surface area contributed by atoms with E-state index in [1.165, 1.54) is 30.8 Å². The smallest absolute Gasteiger partial charge is 0.130 e. The van der Waals surface area contributed by atoms with Gasteiger partial charge in [0.1, 0.15) is 5.00 Å². The first kappa shape index (κ1) is 9.90. The Balaban J connectivity index is 1.95. The van der Waals surface area contributed by atoms with E-state index >= 15 is 0 Å². The number of anilines is 1. The third-order valence-corrected chi connectivity index (χ3v) is 3.74. The van der Waals surface area contributed by atoms with Gasteiger partial charge in [0.2, 0.25) is 0 Å². The molecule has 1 aliphatic rings. The van der Waals surface area contributed by atoms with Crippen molar-refractivity contribution in [3.63, 3.8) is 0 Å². The van der Waals surface area contributed by atoms with Gasteiger partial charge in [-0.1, -0.05) is 24.8 Å². The van der Waals surface area contributed by atoms with Crippen molar-refractivity contribution in [3.8, 4) is 0 Å². The van der Waals surface area contributed by atoms with Crippen molar-refractivity contribution < 1.29 is 0 Å². The van der Waals surface area contributed by atoms with Gasteiger partial charge in [0.05, 0.1) is 6.20 Å². The van der Waals surface area contributed by atoms with Crippen molar-refractivity contribution in [2.24, 2.45) is 11.8 Å². The third kappa shape index (κ3) is 2.23. The van der Waals surface area contributed by atoms with Gasteiger partial charge in [-0.2, -0.15) is 0 Å². The molecule has 0 aromatic carbocycles. The van der Waals surface area contributed by atoms with Crippen LogP contribution < -0.4 is 5.32 Å². The van der Waals surface area contributed by atoms with Crippen LogP contribution in [0.5, 0.6) is 0 Å². The molecule has 0 amide bonds. The molecular weight excluding hydrogens is 194 g/mol. The van der Waals surface area contributed by atoms with Crippen LogP contribution in [0.2, 0.25) is 0 Å². The van der Waals surface area contributed by atoms with E-state index in [0.717, 1.165) is 16.8 Å². The molecule has 1 aliphatic carbocycles. The molecule has 1 heterocycles. The van der Waals surface area contributed by atoms with Gasteiger partial charge in [0.15, 0.2) is 0 Å². The minimum absolute atomic E-state index is 0.612. The zero-order valence-electron chi connectivity index (χ0n) is 8.73. The van der Waals surface area contributed by atoms with Gasteiger partial charge < -0.3 is 5.32 Å². The van der Waals surface area contributed by atoms with Crippen molar-refractivity contribution in [1.82, 2.24) is 9.59 Å². The SMILES string of the molecule is CC1CCC(C)C(Nc2cnns2)C1. The van der Waals surface area contributed by atoms with Crippen LogP contribution in [0.3, 0.4) is 0 Å². The fourth-order valence-corrected chi connectivity index (χ4v) is 2.63. The molecule has 0 spiro atoms. The first-order chi connectivity index (χ1) is 6.75. The zero-order chi connectivity index (χ0) is 9.97. The number of nitrogens with one attached hydrogen (secondary N) is 1. The summed E-state index contributed by atoms with van der Waals surface area (Å²) in [4.78, 5) is 0. The summed E-state index contributed by atoms with van der Waals surface area (Å²) in [5, 5.41) is 8.48. The van der Waals surface area contributed by atoms with Crippen LogP contribution in [0.4, 0.5) is 5.00 Å². The molecule has 78 valence electrons. The lowest BCUT2D eigenvalue weighted by Gasteiger charge is -2.33. The summed E-state index contributed by atoms with van der Waals surface area (Å²) in [6, 6.07) is 0.612. The normalized spacial score (nSPS) is 32.9. The maximum Gasteiger partial charge on any atom is 0.130 e. The molecule has 3 nitrogen and oxygen atoms in total. The van der Waals surface area contributed by atoms with Gasteiger partial charge >= 0.3 is 0 Å². The molecule has 0 aliphatic heterocycles. The summed E-state index contributed by atoms with van der Waals surface area (Å²) in [5.41, 5.74) is 0. The van der Waals surface area contributed by atoms with Gasteiger partial charge in [-0.05, 0) is 24.7 Å². The van der Waals surface area contributed by atoms with E-state index in [4.69, 9.17) is 0 Å². The maximum atomic E-state index is 3.86. The predicted octanol–water partition coefficient (Wildman–Crippen LogP) is 2.77. The molecule has 2 rings (SSSR count). The van der Waals surface area contributed by atoms with Crippen molar-refractivity contribution >= 4 is 16.5 Å². The largest absolute Gasteiger partial charge is 0.371 e. The van der Waals surface area contributed by atoms with Crippen LogP contribution in [0.15, 0.2) is 6.20 Å². The summed E-state index contributed by atoms with van der Waals surface area (Å²) >= 11 is 1.45. The van der Waals surface area contributed by atoms with Crippen molar-refractivity contribution in [2.45, 2.75) is 39.2 Å². The summed E-state index contributed by atoms with van der Waals surface area (Å²) in [5.74, 6) is 1.62. The molecule has 1 saturated carbocycles. The maximum absolute atomic E-state index is 3.86. The molecule has 0 radical (unpaired) electrons. The highest BCUT2D eigenvalue weighted by atomic mass is 32.1. The Morgan fingerprint density at radius 2 is 2.29 bits per heavy atom. The zero-order valence-corrected chi connectivity index (χ0v) is 9.55. The average Bonchev–Trinajstić information content (AvgIpc) is 2.64. The molecule has 3 unspecified atom stereocenters. The Labute approximate surface area is 89.1 Å². The Morgan fingerprint density at radius 1 is 1.43 bits per heavy atom. The third-order valence-electron chi connectivity index (χ3n) is 3.15. The van der Waals surface area contributed by atoms with Crippen LogP contribution in [0.1, 0.15) is 33.1 Å². The quantitative estimate of drug-likeness (QED) is 0.817. The molecule has 0 bridgehead atoms. The summed E-state index contributed by atoms with van der Waals surface area (Å²) in [6.45, 7) is 4.67. The Bertz CT molecular complexity index is 273. The van der Waals surface area contributed by atoms with Crippen molar-refractivity contribution in [3.05, 3.63) is 6.20 Å². The van der Waals surface area contributed by atoms with Gasteiger partial charge in [-0.15, -0.1) is 5.10 Å². The molecule has 1 fully saturated rings. The second-order valence-electron chi connectivity index (χ2n) is 4.43. The molecule has 1 N–H and O–H groups in total. The van der Waals surface area contributed by atoms with Gasteiger partial charge in [0.25, 0.3) is 0 Å². The van der Waals surface area contributed by atoms with Crippen LogP contribution in [-0.2, 0) is 0 Å². The van der Waals surface area contributed by atoms with Crippen LogP contribution in [-0.4, -0.2) is 15.6 Å². The summed E-state index contributed by atoms with van der Waals surface area (Å²) in [6.07, 6.45) is 5.81. The van der Waals surface area contributed by atoms with E-state index in [1.54, 1.807) is 0 Å². The van der Waals surface area contributed by atoms with E-state index < -0.39 is 0 Å². The number of aromatic nitrogens is 2. The number of rotatable bonds is 2. The summed E-state index contributed by atoms with van der Waals surface area (Å²) < 4.78 is 3.86. The monoisotopic (exact) mass is 211 g/mol. The van der Waals surface area contributed by atoms with Crippen molar-refractivity contribution in [1.29, 1.82) is 0 Å². The molecule has 1 aromatic rings. The topological polar surface area (TPSA) is 37.8 Å². The van der Waals surface area contributed by atoms with Crippen LogP contribution in [0, 0.1) is 11.8 Å². The highest BCUT2D eigenvalue weighted by molar-refractivity contribution is 7.09. The number of hydrogen-bond acceptors (Lipinski definition) is 4. The first-order valence-corrected chi connectivity index (χ1v) is 6.07. The fraction of sp³-hybridized carbons (Fsp3) is 0.800. The molecule has 1 aromatic heterocycles. The first-order valence-electron chi connectivity index (χ1n) is 5.29. The van der Waals surface area contributed by atoms with Gasteiger partial charge in [-0.25, -0.2) is 0 Å². The Hall–Kier alpha value is -0.640. The standard InChI is InChI=1S/C10H17N3S/c1-7-3-4-8(2)9(5-7)12-10-6-11-13-14-10/h6-9,12H,3-5H2,1-2H3. The fourth-order valence-electron chi connectivity index (χ4n) is 2.15. The van der Waals surface area contributed by atoms with Crippen LogP contribution >= 0.6 is 11.5 Å². The highest BCUT2D eigenvalue weighted by Crippen LogP contribution is 2.30. The van der Waals surface area contributed by atoms with E-state index in [0.29, 0.717) is 6.04 Å². The highest BCUT2D eigenvalue weighted by Gasteiger charge is 2.25. The van der Waals surface area contributed by atoms with Gasteiger partial charge in [-0.3, -0.25) is 0 Å². The average molecular weight is 211 g/mol. The molecule has 3 atom stereocenters. The Morgan fingerprint density at radius 3 is 3.00 bits per heavy atom. The molecule has 4 heteroatoms. The second kappa shape index (κ2) is 4.26. The lowest BCUT2D eigenvalue weighted by molar-refractivity contribution is 0.281. The minimum Gasteiger partial charge on any atom is -0.371 e. The van der Waals surface area contributed by atoms with Crippen molar-refractivity contribution in [2.75, 3.05) is 5.32 Å². The molecular formula is C10H17N3S. The van der Waals surface area contributed by atoms with E-state index in [9.17, 15) is 0 Å². The van der Waals surface area contributed by atoms with E-state index in [2.05, 4.69) is 28.8 Å². The van der Waals surface area contributed by atoms with Crippen LogP contribution in [0.25, 0.3) is 0 Å². The number of hydrogen-bond donors (Lipinski definition) is 1. The lowest BCUT2D eigenvalue weighted by Crippen LogP contribution is -2.33. The predicted molar refractivity (Wildman–Crippen MR) is 59.5 cm³/mol. The second-order valence-corrected chi connectivity index (χ2v) is 5.21. The van der Waals surface area contributed by atoms with E-state index in [-0.39, 0.29) is 0 Å². The summed E-state index contributed by atoms with van der Waals surface area (Å²) in [7, 11) is 0. The minimum atomic E-state index is 0.612. The Kier molecular flexibility index (Phi) is 3.01. The van der Waals surface area contributed by atoms with Gasteiger partial charge in [0, 0.05) is 17.6 Å². The molecule has 14 heavy (non-hydrogen) atoms. The lowest BCUT2D eigenvalue weighted by atomic mass is 9.80. The van der Waals surface area contributed by atoms with E-state index in [1.807, 2.05) is 6.20 Å². The number of nitrogens with zero attached hydrogens (tertiary/aromatic N) is 2.